The maximum atomic E-state index is 12.1. The van der Waals surface area contributed by atoms with Crippen LogP contribution in [0, 0.1) is 0 Å². The van der Waals surface area contributed by atoms with E-state index < -0.39 is 22.8 Å². The highest BCUT2D eigenvalue weighted by Crippen LogP contribution is 2.23. The number of benzene rings is 1. The van der Waals surface area contributed by atoms with Gasteiger partial charge in [-0.25, -0.2) is 14.4 Å². The van der Waals surface area contributed by atoms with E-state index in [0.717, 1.165) is 12.0 Å². The molecule has 0 bridgehead atoms. The van der Waals surface area contributed by atoms with Gasteiger partial charge in [-0.1, -0.05) is 30.3 Å². The first-order valence-electron chi connectivity index (χ1n) is 13.1. The molecular weight excluding hydrogens is 488 g/mol. The van der Waals surface area contributed by atoms with Gasteiger partial charge < -0.3 is 35.1 Å². The van der Waals surface area contributed by atoms with Crippen LogP contribution in [-0.4, -0.2) is 76.5 Å². The molecular formula is C28H46N4O6. The lowest BCUT2D eigenvalue weighted by molar-refractivity contribution is 0.0273. The molecule has 0 saturated carbocycles. The Morgan fingerprint density at radius 2 is 1.37 bits per heavy atom. The number of ether oxygens (including phenoxy) is 3. The van der Waals surface area contributed by atoms with Gasteiger partial charge in [0.1, 0.15) is 17.8 Å². The summed E-state index contributed by atoms with van der Waals surface area (Å²) in [6, 6.07) is 9.50. The molecule has 2 saturated heterocycles. The average molecular weight is 535 g/mol. The number of amides is 3. The predicted molar refractivity (Wildman–Crippen MR) is 146 cm³/mol. The lowest BCUT2D eigenvalue weighted by atomic mass is 10.0. The molecule has 2 atom stereocenters. The smallest absolute Gasteiger partial charge is 0.410 e. The first kappa shape index (κ1) is 31.2. The molecule has 10 heteroatoms. The van der Waals surface area contributed by atoms with Crippen LogP contribution in [0.2, 0.25) is 0 Å². The van der Waals surface area contributed by atoms with Crippen molar-refractivity contribution in [2.75, 3.05) is 26.2 Å². The van der Waals surface area contributed by atoms with E-state index in [1.54, 1.807) is 9.80 Å². The molecule has 3 N–H and O–H groups in total. The van der Waals surface area contributed by atoms with Crippen molar-refractivity contribution in [2.45, 2.75) is 97.1 Å². The fourth-order valence-corrected chi connectivity index (χ4v) is 4.02. The van der Waals surface area contributed by atoms with E-state index >= 15 is 0 Å². The van der Waals surface area contributed by atoms with Gasteiger partial charge >= 0.3 is 18.3 Å². The van der Waals surface area contributed by atoms with Crippen LogP contribution in [0.25, 0.3) is 0 Å². The molecule has 2 aliphatic heterocycles. The number of hydrogen-bond donors (Lipinski definition) is 2. The van der Waals surface area contributed by atoms with E-state index in [-0.39, 0.29) is 24.3 Å². The highest BCUT2D eigenvalue weighted by Gasteiger charge is 2.39. The minimum Gasteiger partial charge on any atom is -0.445 e. The number of likely N-dealkylation sites (tertiary alicyclic amines) is 2. The first-order valence-corrected chi connectivity index (χ1v) is 13.1. The molecule has 0 unspecified atom stereocenters. The fourth-order valence-electron chi connectivity index (χ4n) is 4.02. The Morgan fingerprint density at radius 1 is 0.868 bits per heavy atom. The van der Waals surface area contributed by atoms with Gasteiger partial charge in [0, 0.05) is 31.7 Å². The second-order valence-corrected chi connectivity index (χ2v) is 12.7. The number of rotatable bonds is 3. The van der Waals surface area contributed by atoms with Crippen LogP contribution in [0.4, 0.5) is 14.4 Å². The van der Waals surface area contributed by atoms with E-state index in [4.69, 9.17) is 19.9 Å². The molecule has 3 rings (SSSR count). The number of carbonyl (C=O) groups excluding carboxylic acids is 3. The predicted octanol–water partition coefficient (Wildman–Crippen LogP) is 4.66. The Hall–Kier alpha value is -3.01. The number of nitrogens with zero attached hydrogens (tertiary/aromatic N) is 2. The summed E-state index contributed by atoms with van der Waals surface area (Å²) in [6.07, 6.45) is 0.406. The first-order chi connectivity index (χ1) is 17.4. The van der Waals surface area contributed by atoms with Crippen LogP contribution in [0.3, 0.4) is 0 Å². The van der Waals surface area contributed by atoms with E-state index in [0.29, 0.717) is 32.6 Å². The summed E-state index contributed by atoms with van der Waals surface area (Å²) in [6.45, 7) is 17.4. The molecule has 3 amide bonds. The third-order valence-corrected chi connectivity index (χ3v) is 5.90. The average Bonchev–Trinajstić information content (AvgIpc) is 3.33. The molecule has 0 aromatic heterocycles. The van der Waals surface area contributed by atoms with Crippen molar-refractivity contribution in [3.05, 3.63) is 35.9 Å². The highest BCUT2D eigenvalue weighted by molar-refractivity contribution is 5.71. The molecule has 1 aromatic rings. The summed E-state index contributed by atoms with van der Waals surface area (Å²) in [5.74, 6) is 0. The molecule has 0 aliphatic carbocycles. The summed E-state index contributed by atoms with van der Waals surface area (Å²) in [7, 11) is 0. The van der Waals surface area contributed by atoms with Crippen molar-refractivity contribution < 1.29 is 28.6 Å². The summed E-state index contributed by atoms with van der Waals surface area (Å²) in [5, 5.41) is 2.86. The van der Waals surface area contributed by atoms with Crippen LogP contribution in [0.1, 0.15) is 73.8 Å². The molecule has 0 radical (unpaired) electrons. The second-order valence-electron chi connectivity index (χ2n) is 12.7. The lowest BCUT2D eigenvalue weighted by Gasteiger charge is -2.27. The van der Waals surface area contributed by atoms with Gasteiger partial charge in [0.25, 0.3) is 0 Å². The number of alkyl carbamates (subject to hydrolysis) is 1. The maximum Gasteiger partial charge on any atom is 0.410 e. The fraction of sp³-hybridized carbons (Fsp3) is 0.679. The van der Waals surface area contributed by atoms with Crippen LogP contribution < -0.4 is 11.1 Å². The van der Waals surface area contributed by atoms with E-state index in [1.807, 2.05) is 85.7 Å². The largest absolute Gasteiger partial charge is 0.445 e. The van der Waals surface area contributed by atoms with E-state index in [9.17, 15) is 14.4 Å². The SMILES string of the molecule is CC(C)(C)OC(=O)N1CC[C@](C)(N)C1.CC(C)(C)OC(=O)N1CC[C@](C)(NC(=O)OCc2ccccc2)C1. The molecule has 2 aliphatic rings. The zero-order valence-electron chi connectivity index (χ0n) is 24.3. The van der Waals surface area contributed by atoms with Crippen molar-refractivity contribution in [1.29, 1.82) is 0 Å². The van der Waals surface area contributed by atoms with Crippen LogP contribution in [0.15, 0.2) is 30.3 Å². The van der Waals surface area contributed by atoms with Gasteiger partial charge in [-0.05, 0) is 73.8 Å². The van der Waals surface area contributed by atoms with Crippen molar-refractivity contribution in [3.8, 4) is 0 Å². The van der Waals surface area contributed by atoms with E-state index in [1.165, 1.54) is 0 Å². The minimum atomic E-state index is -0.530. The summed E-state index contributed by atoms with van der Waals surface area (Å²) < 4.78 is 15.9. The van der Waals surface area contributed by atoms with Crippen molar-refractivity contribution in [3.63, 3.8) is 0 Å². The molecule has 1 aromatic carbocycles. The Bertz CT molecular complexity index is 954. The topological polar surface area (TPSA) is 123 Å². The Labute approximate surface area is 227 Å². The molecule has 10 nitrogen and oxygen atoms in total. The van der Waals surface area contributed by atoms with Crippen LogP contribution in [0.5, 0.6) is 0 Å². The summed E-state index contributed by atoms with van der Waals surface area (Å²) in [4.78, 5) is 39.0. The minimum absolute atomic E-state index is 0.221. The second kappa shape index (κ2) is 12.2. The summed E-state index contributed by atoms with van der Waals surface area (Å²) in [5.41, 5.74) is 5.13. The Morgan fingerprint density at radius 3 is 1.84 bits per heavy atom. The number of carbonyl (C=O) groups is 3. The summed E-state index contributed by atoms with van der Waals surface area (Å²) >= 11 is 0. The van der Waals surface area contributed by atoms with Crippen molar-refractivity contribution in [1.82, 2.24) is 15.1 Å². The maximum absolute atomic E-state index is 12.1. The van der Waals surface area contributed by atoms with Crippen molar-refractivity contribution in [2.24, 2.45) is 5.73 Å². The number of nitrogens with one attached hydrogen (secondary N) is 1. The van der Waals surface area contributed by atoms with Gasteiger partial charge in [-0.15, -0.1) is 0 Å². The molecule has 2 heterocycles. The molecule has 38 heavy (non-hydrogen) atoms. The van der Waals surface area contributed by atoms with Crippen LogP contribution >= 0.6 is 0 Å². The third-order valence-electron chi connectivity index (χ3n) is 5.90. The zero-order valence-corrected chi connectivity index (χ0v) is 24.3. The Balaban J connectivity index is 0.000000308. The lowest BCUT2D eigenvalue weighted by Crippen LogP contribution is -2.49. The normalized spacial score (nSPS) is 23.3. The van der Waals surface area contributed by atoms with Crippen LogP contribution in [-0.2, 0) is 20.8 Å². The van der Waals surface area contributed by atoms with E-state index in [2.05, 4.69) is 5.32 Å². The third kappa shape index (κ3) is 11.2. The van der Waals surface area contributed by atoms with Gasteiger partial charge in [0.15, 0.2) is 0 Å². The van der Waals surface area contributed by atoms with Gasteiger partial charge in [0.05, 0.1) is 5.54 Å². The quantitative estimate of drug-likeness (QED) is 0.541. The standard InChI is InChI=1S/C18H26N2O4.C10H20N2O2/c1-17(2,3)24-16(22)20-11-10-18(4,13-20)19-15(21)23-12-14-8-6-5-7-9-14;1-9(2,3)14-8(13)12-6-5-10(4,11)7-12/h5-9H,10-13H2,1-4H3,(H,19,21);5-7,11H2,1-4H3/t18-;10-/m00/s1. The monoisotopic (exact) mass is 534 g/mol. The number of nitrogens with two attached hydrogens (primary N) is 1. The zero-order chi connectivity index (χ0) is 28.8. The highest BCUT2D eigenvalue weighted by atomic mass is 16.6. The van der Waals surface area contributed by atoms with Gasteiger partial charge in [0.2, 0.25) is 0 Å². The van der Waals surface area contributed by atoms with Gasteiger partial charge in [-0.3, -0.25) is 0 Å². The Kier molecular flexibility index (Phi) is 10.0. The molecule has 214 valence electrons. The molecule has 0 spiro atoms. The number of hydrogen-bond acceptors (Lipinski definition) is 7. The van der Waals surface area contributed by atoms with Crippen molar-refractivity contribution >= 4 is 18.3 Å². The molecule has 2 fully saturated rings. The van der Waals surface area contributed by atoms with Gasteiger partial charge in [-0.2, -0.15) is 0 Å².